The lowest BCUT2D eigenvalue weighted by Crippen LogP contribution is -3.15. The molecule has 1 amide bonds. The minimum absolute atomic E-state index is 0.264. The molecular weight excluding hydrogens is 312 g/mol. The quantitative estimate of drug-likeness (QED) is 0.616. The topological polar surface area (TPSA) is 81.5 Å². The molecule has 7 heteroatoms. The van der Waals surface area contributed by atoms with Crippen molar-refractivity contribution in [3.05, 3.63) is 24.3 Å². The molecule has 1 saturated heterocycles. The molecule has 132 valence electrons. The second-order valence-corrected chi connectivity index (χ2v) is 6.29. The van der Waals surface area contributed by atoms with Gasteiger partial charge in [-0.25, -0.2) is 0 Å². The molecule has 0 bridgehead atoms. The summed E-state index contributed by atoms with van der Waals surface area (Å²) in [7, 11) is 0. The van der Waals surface area contributed by atoms with Gasteiger partial charge in [0.25, 0.3) is 5.91 Å². The summed E-state index contributed by atoms with van der Waals surface area (Å²) in [6, 6.07) is 7.19. The van der Waals surface area contributed by atoms with Gasteiger partial charge in [-0.05, 0) is 19.1 Å². The van der Waals surface area contributed by atoms with E-state index in [1.807, 2.05) is 31.2 Å². The lowest BCUT2D eigenvalue weighted by atomic mass is 10.1. The Morgan fingerprint density at radius 3 is 2.79 bits per heavy atom. The molecule has 1 aromatic carbocycles. The Labute approximate surface area is 141 Å². The summed E-state index contributed by atoms with van der Waals surface area (Å²) in [4.78, 5) is 13.4. The van der Waals surface area contributed by atoms with E-state index in [1.165, 1.54) is 4.90 Å². The van der Waals surface area contributed by atoms with E-state index < -0.39 is 6.10 Å². The van der Waals surface area contributed by atoms with Crippen LogP contribution in [0.3, 0.4) is 0 Å². The number of hydrogen-bond acceptors (Lipinski definition) is 5. The van der Waals surface area contributed by atoms with Crippen LogP contribution in [0.5, 0.6) is 11.5 Å². The summed E-state index contributed by atoms with van der Waals surface area (Å²) in [5.74, 6) is 1.01. The predicted molar refractivity (Wildman–Crippen MR) is 86.3 cm³/mol. The van der Waals surface area contributed by atoms with Crippen molar-refractivity contribution in [2.75, 3.05) is 39.5 Å². The summed E-state index contributed by atoms with van der Waals surface area (Å²) in [6.07, 6.45) is -1.32. The van der Waals surface area contributed by atoms with Gasteiger partial charge in [0.1, 0.15) is 26.2 Å². The zero-order chi connectivity index (χ0) is 16.9. The first-order chi connectivity index (χ1) is 11.6. The second kappa shape index (κ2) is 7.83. The Hall–Kier alpha value is -1.83. The van der Waals surface area contributed by atoms with Crippen LogP contribution in [-0.4, -0.2) is 68.7 Å². The summed E-state index contributed by atoms with van der Waals surface area (Å²) in [5, 5.41) is 13.0. The van der Waals surface area contributed by atoms with Crippen molar-refractivity contribution in [3.8, 4) is 11.5 Å². The molecule has 0 unspecified atom stereocenters. The number of rotatable bonds is 5. The fourth-order valence-electron chi connectivity index (χ4n) is 2.93. The van der Waals surface area contributed by atoms with Gasteiger partial charge in [0.15, 0.2) is 23.7 Å². The molecule has 3 N–H and O–H groups in total. The number of morpholine rings is 1. The van der Waals surface area contributed by atoms with E-state index in [1.54, 1.807) is 0 Å². The number of carbonyl (C=O) groups is 1. The normalized spacial score (nSPS) is 23.3. The Balaban J connectivity index is 1.49. The highest BCUT2D eigenvalue weighted by Gasteiger charge is 2.30. The summed E-state index contributed by atoms with van der Waals surface area (Å²) in [5.41, 5.74) is 0. The van der Waals surface area contributed by atoms with Gasteiger partial charge in [-0.1, -0.05) is 12.1 Å². The van der Waals surface area contributed by atoms with Crippen LogP contribution in [0.2, 0.25) is 0 Å². The highest BCUT2D eigenvalue weighted by atomic mass is 16.6. The molecule has 0 saturated carbocycles. The van der Waals surface area contributed by atoms with E-state index in [9.17, 15) is 9.90 Å². The predicted octanol–water partition coefficient (Wildman–Crippen LogP) is -1.39. The van der Waals surface area contributed by atoms with E-state index in [2.05, 4.69) is 5.32 Å². The molecule has 7 nitrogen and oxygen atoms in total. The number of benzene rings is 1. The molecule has 0 aliphatic carbocycles. The Morgan fingerprint density at radius 2 is 2.04 bits per heavy atom. The number of nitrogens with one attached hydrogen (secondary N) is 2. The molecule has 0 aromatic heterocycles. The number of amides is 1. The van der Waals surface area contributed by atoms with Gasteiger partial charge in [0.05, 0.1) is 19.3 Å². The Bertz CT molecular complexity index is 562. The van der Waals surface area contributed by atoms with Crippen LogP contribution >= 0.6 is 0 Å². The number of para-hydroxylation sites is 2. The average Bonchev–Trinajstić information content (AvgIpc) is 2.62. The number of ether oxygens (including phenoxy) is 3. The maximum absolute atomic E-state index is 12.2. The first-order valence-electron chi connectivity index (χ1n) is 8.41. The fourth-order valence-corrected chi connectivity index (χ4v) is 2.93. The lowest BCUT2D eigenvalue weighted by molar-refractivity contribution is -0.910. The fraction of sp³-hybridized carbons (Fsp3) is 0.588. The van der Waals surface area contributed by atoms with Crippen LogP contribution < -0.4 is 19.7 Å². The smallest absolute Gasteiger partial charge is 0.255 e. The van der Waals surface area contributed by atoms with Crippen molar-refractivity contribution in [2.45, 2.75) is 25.2 Å². The van der Waals surface area contributed by atoms with Gasteiger partial charge >= 0.3 is 0 Å². The largest absolute Gasteiger partial charge is 0.486 e. The van der Waals surface area contributed by atoms with E-state index in [4.69, 9.17) is 14.2 Å². The first kappa shape index (κ1) is 17.0. The number of hydrogen-bond donors (Lipinski definition) is 3. The minimum Gasteiger partial charge on any atom is -0.486 e. The standard InChI is InChI=1S/C17H24N2O5/c1-12(16-11-23-14-4-2-3-5-15(14)24-16)18-17(21)13(20)10-19-6-8-22-9-7-19/h2-5,12-13,16,20H,6-11H2,1H3,(H,18,21)/p+1/t12-,13-,16-/m1/s1. The van der Waals surface area contributed by atoms with Crippen LogP contribution in [0.25, 0.3) is 0 Å². The lowest BCUT2D eigenvalue weighted by Gasteiger charge is -2.31. The molecule has 2 aliphatic heterocycles. The Morgan fingerprint density at radius 1 is 1.33 bits per heavy atom. The van der Waals surface area contributed by atoms with Crippen LogP contribution in [-0.2, 0) is 9.53 Å². The third-order valence-electron chi connectivity index (χ3n) is 4.44. The van der Waals surface area contributed by atoms with E-state index in [0.29, 0.717) is 37.9 Å². The molecule has 2 aliphatic rings. The van der Waals surface area contributed by atoms with Crippen molar-refractivity contribution in [1.82, 2.24) is 5.32 Å². The number of aliphatic hydroxyl groups excluding tert-OH is 1. The maximum Gasteiger partial charge on any atom is 0.255 e. The maximum atomic E-state index is 12.2. The van der Waals surface area contributed by atoms with Crippen molar-refractivity contribution >= 4 is 5.91 Å². The number of fused-ring (bicyclic) bond motifs is 1. The molecule has 3 atom stereocenters. The number of aliphatic hydroxyl groups is 1. The van der Waals surface area contributed by atoms with Crippen LogP contribution in [0, 0.1) is 0 Å². The highest BCUT2D eigenvalue weighted by molar-refractivity contribution is 5.80. The van der Waals surface area contributed by atoms with Crippen molar-refractivity contribution in [2.24, 2.45) is 0 Å². The third-order valence-corrected chi connectivity index (χ3v) is 4.44. The number of carbonyl (C=O) groups excluding carboxylic acids is 1. The first-order valence-corrected chi connectivity index (χ1v) is 8.41. The SMILES string of the molecule is C[C@@H](NC(=O)[C@H](O)C[NH+]1CCOCC1)[C@H]1COc2ccccc2O1. The molecule has 24 heavy (non-hydrogen) atoms. The van der Waals surface area contributed by atoms with Gasteiger partial charge in [-0.2, -0.15) is 0 Å². The molecule has 1 fully saturated rings. The molecule has 2 heterocycles. The zero-order valence-corrected chi connectivity index (χ0v) is 13.9. The van der Waals surface area contributed by atoms with Gasteiger partial charge in [0, 0.05) is 0 Å². The summed E-state index contributed by atoms with van der Waals surface area (Å²) < 4.78 is 16.8. The van der Waals surface area contributed by atoms with E-state index in [0.717, 1.165) is 13.1 Å². The summed E-state index contributed by atoms with van der Waals surface area (Å²) >= 11 is 0. The summed E-state index contributed by atoms with van der Waals surface area (Å²) in [6.45, 7) is 5.59. The van der Waals surface area contributed by atoms with Gasteiger partial charge in [0.2, 0.25) is 0 Å². The number of quaternary nitrogens is 1. The van der Waals surface area contributed by atoms with Crippen LogP contribution in [0.1, 0.15) is 6.92 Å². The highest BCUT2D eigenvalue weighted by Crippen LogP contribution is 2.31. The van der Waals surface area contributed by atoms with E-state index >= 15 is 0 Å². The minimum atomic E-state index is -1.03. The van der Waals surface area contributed by atoms with Crippen molar-refractivity contribution in [3.63, 3.8) is 0 Å². The van der Waals surface area contributed by atoms with Gasteiger partial charge < -0.3 is 29.5 Å². The molecule has 1 aromatic rings. The zero-order valence-electron chi connectivity index (χ0n) is 13.9. The van der Waals surface area contributed by atoms with E-state index in [-0.39, 0.29) is 18.1 Å². The Kier molecular flexibility index (Phi) is 5.55. The van der Waals surface area contributed by atoms with Crippen molar-refractivity contribution < 1.29 is 29.0 Å². The van der Waals surface area contributed by atoms with Gasteiger partial charge in [-0.3, -0.25) is 4.79 Å². The monoisotopic (exact) mass is 337 g/mol. The molecular formula is C17H25N2O5+. The van der Waals surface area contributed by atoms with Crippen LogP contribution in [0.4, 0.5) is 0 Å². The second-order valence-electron chi connectivity index (χ2n) is 6.29. The van der Waals surface area contributed by atoms with Gasteiger partial charge in [-0.15, -0.1) is 0 Å². The molecule has 0 radical (unpaired) electrons. The van der Waals surface area contributed by atoms with Crippen molar-refractivity contribution in [1.29, 1.82) is 0 Å². The molecule has 3 rings (SSSR count). The third kappa shape index (κ3) is 4.17. The van der Waals surface area contributed by atoms with Crippen LogP contribution in [0.15, 0.2) is 24.3 Å². The average molecular weight is 337 g/mol. The molecule has 0 spiro atoms.